The number of allylic oxidation sites excluding steroid dienone is 1. The molecule has 1 nitrogen and oxygen atoms in total. The van der Waals surface area contributed by atoms with Gasteiger partial charge in [0, 0.05) is 5.92 Å². The molecule has 0 spiro atoms. The second-order valence-electron chi connectivity index (χ2n) is 4.98. The highest BCUT2D eigenvalue weighted by Gasteiger charge is 2.47. The molecule has 0 amide bonds. The van der Waals surface area contributed by atoms with Crippen molar-refractivity contribution in [3.63, 3.8) is 0 Å². The third kappa shape index (κ3) is 1.25. The molecule has 0 unspecified atom stereocenters. The van der Waals surface area contributed by atoms with Gasteiger partial charge in [0.15, 0.2) is 0 Å². The van der Waals surface area contributed by atoms with E-state index in [9.17, 15) is 4.79 Å². The maximum Gasteiger partial charge on any atom is 0.123 e. The van der Waals surface area contributed by atoms with E-state index in [0.717, 1.165) is 19.1 Å². The van der Waals surface area contributed by atoms with Crippen molar-refractivity contribution in [1.82, 2.24) is 0 Å². The molecule has 0 aromatic carbocycles. The maximum absolute atomic E-state index is 10.9. The Bertz CT molecular complexity index is 244. The normalized spacial score (nSPS) is 44.5. The number of carbonyl (C=O) groups excluding carboxylic acids is 1. The third-order valence-corrected chi connectivity index (χ3v) is 4.09. The lowest BCUT2D eigenvalue weighted by molar-refractivity contribution is -0.112. The maximum atomic E-state index is 10.9. The molecule has 0 aliphatic heterocycles. The highest BCUT2D eigenvalue weighted by atomic mass is 16.1. The first-order valence-corrected chi connectivity index (χ1v) is 5.30. The monoisotopic (exact) mass is 178 g/mol. The highest BCUT2D eigenvalue weighted by molar-refractivity contribution is 5.56. The Labute approximate surface area is 80.2 Å². The summed E-state index contributed by atoms with van der Waals surface area (Å²) in [6.45, 7) is 6.48. The molecule has 13 heavy (non-hydrogen) atoms. The summed E-state index contributed by atoms with van der Waals surface area (Å²) in [5, 5.41) is 0. The van der Waals surface area contributed by atoms with Crippen LogP contribution in [0.4, 0.5) is 0 Å². The van der Waals surface area contributed by atoms with E-state index in [0.29, 0.717) is 11.3 Å². The number of hydrogen-bond acceptors (Lipinski definition) is 1. The van der Waals surface area contributed by atoms with Gasteiger partial charge in [-0.05, 0) is 43.4 Å². The fourth-order valence-corrected chi connectivity index (χ4v) is 3.43. The van der Waals surface area contributed by atoms with Crippen molar-refractivity contribution < 1.29 is 4.79 Å². The molecule has 0 aromatic heterocycles. The van der Waals surface area contributed by atoms with Crippen molar-refractivity contribution in [3.05, 3.63) is 12.2 Å². The van der Waals surface area contributed by atoms with Gasteiger partial charge in [-0.2, -0.15) is 0 Å². The van der Waals surface area contributed by atoms with Gasteiger partial charge in [-0.15, -0.1) is 0 Å². The molecular weight excluding hydrogens is 160 g/mol. The van der Waals surface area contributed by atoms with Crippen molar-refractivity contribution in [2.75, 3.05) is 0 Å². The first-order chi connectivity index (χ1) is 6.17. The minimum atomic E-state index is 0.276. The van der Waals surface area contributed by atoms with Crippen LogP contribution in [0, 0.1) is 17.3 Å². The Hall–Kier alpha value is -0.590. The quantitative estimate of drug-likeness (QED) is 0.445. The second kappa shape index (κ2) is 2.97. The van der Waals surface area contributed by atoms with Crippen molar-refractivity contribution in [1.29, 1.82) is 0 Å². The summed E-state index contributed by atoms with van der Waals surface area (Å²) in [7, 11) is 0. The minimum absolute atomic E-state index is 0.276. The number of fused-ring (bicyclic) bond motifs is 1. The SMILES string of the molecule is C=C1CCC[C@@]2(C)CC[C@@H](C=O)[C@H]12. The van der Waals surface area contributed by atoms with Crippen LogP contribution >= 0.6 is 0 Å². The Morgan fingerprint density at radius 2 is 2.31 bits per heavy atom. The fraction of sp³-hybridized carbons (Fsp3) is 0.750. The van der Waals surface area contributed by atoms with Gasteiger partial charge in [0.2, 0.25) is 0 Å². The fourth-order valence-electron chi connectivity index (χ4n) is 3.43. The van der Waals surface area contributed by atoms with E-state index in [-0.39, 0.29) is 5.92 Å². The zero-order valence-electron chi connectivity index (χ0n) is 8.38. The zero-order chi connectivity index (χ0) is 9.47. The third-order valence-electron chi connectivity index (χ3n) is 4.09. The summed E-state index contributed by atoms with van der Waals surface area (Å²) in [6.07, 6.45) is 7.18. The number of carbonyl (C=O) groups is 1. The smallest absolute Gasteiger partial charge is 0.123 e. The van der Waals surface area contributed by atoms with Gasteiger partial charge < -0.3 is 4.79 Å². The molecule has 1 heteroatoms. The molecule has 0 bridgehead atoms. The Morgan fingerprint density at radius 3 is 3.00 bits per heavy atom. The molecule has 72 valence electrons. The standard InChI is InChI=1S/C12H18O/c1-9-4-3-6-12(2)7-5-10(8-13)11(9)12/h8,10-11H,1,3-7H2,2H3/t10-,11-,12-/m0/s1. The topological polar surface area (TPSA) is 17.1 Å². The molecular formula is C12H18O. The number of hydrogen-bond donors (Lipinski definition) is 0. The van der Waals surface area contributed by atoms with Crippen molar-refractivity contribution in [2.45, 2.75) is 39.0 Å². The van der Waals surface area contributed by atoms with Crippen LogP contribution in [-0.2, 0) is 4.79 Å². The van der Waals surface area contributed by atoms with Gasteiger partial charge >= 0.3 is 0 Å². The summed E-state index contributed by atoms with van der Waals surface area (Å²) in [4.78, 5) is 10.9. The molecule has 3 atom stereocenters. The summed E-state index contributed by atoms with van der Waals surface area (Å²) >= 11 is 0. The first-order valence-electron chi connectivity index (χ1n) is 5.30. The lowest BCUT2D eigenvalue weighted by atomic mass is 9.66. The first kappa shape index (κ1) is 8.98. The van der Waals surface area contributed by atoms with Gasteiger partial charge in [-0.1, -0.05) is 19.1 Å². The van der Waals surface area contributed by atoms with Crippen LogP contribution in [0.25, 0.3) is 0 Å². The lowest BCUT2D eigenvalue weighted by Crippen LogP contribution is -2.30. The van der Waals surface area contributed by atoms with E-state index in [1.54, 1.807) is 0 Å². The number of aldehydes is 1. The Morgan fingerprint density at radius 1 is 1.54 bits per heavy atom. The predicted molar refractivity (Wildman–Crippen MR) is 53.4 cm³/mol. The van der Waals surface area contributed by atoms with Crippen molar-refractivity contribution in [3.8, 4) is 0 Å². The van der Waals surface area contributed by atoms with Crippen LogP contribution < -0.4 is 0 Å². The van der Waals surface area contributed by atoms with E-state index in [1.165, 1.54) is 24.8 Å². The van der Waals surface area contributed by atoms with E-state index in [1.807, 2.05) is 0 Å². The van der Waals surface area contributed by atoms with E-state index in [4.69, 9.17) is 0 Å². The van der Waals surface area contributed by atoms with Crippen LogP contribution in [0.2, 0.25) is 0 Å². The van der Waals surface area contributed by atoms with E-state index in [2.05, 4.69) is 13.5 Å². The molecule has 0 saturated heterocycles. The minimum Gasteiger partial charge on any atom is -0.303 e. The molecule has 2 aliphatic rings. The average Bonchev–Trinajstić information content (AvgIpc) is 2.43. The van der Waals surface area contributed by atoms with E-state index < -0.39 is 0 Å². The average molecular weight is 178 g/mol. The van der Waals surface area contributed by atoms with Gasteiger partial charge in [0.05, 0.1) is 0 Å². The van der Waals surface area contributed by atoms with Crippen LogP contribution in [0.5, 0.6) is 0 Å². The highest BCUT2D eigenvalue weighted by Crippen LogP contribution is 2.55. The molecule has 2 rings (SSSR count). The number of rotatable bonds is 1. The molecule has 0 radical (unpaired) electrons. The Balaban J connectivity index is 2.28. The van der Waals surface area contributed by atoms with Crippen molar-refractivity contribution >= 4 is 6.29 Å². The molecule has 2 fully saturated rings. The van der Waals surface area contributed by atoms with E-state index >= 15 is 0 Å². The van der Waals surface area contributed by atoms with Gasteiger partial charge in [-0.3, -0.25) is 0 Å². The molecule has 2 aliphatic carbocycles. The Kier molecular flexibility index (Phi) is 2.05. The second-order valence-corrected chi connectivity index (χ2v) is 4.98. The molecule has 0 N–H and O–H groups in total. The van der Waals surface area contributed by atoms with Crippen LogP contribution in [0.1, 0.15) is 39.0 Å². The molecule has 2 saturated carbocycles. The predicted octanol–water partition coefficient (Wildman–Crippen LogP) is 2.96. The summed E-state index contributed by atoms with van der Waals surface area (Å²) < 4.78 is 0. The largest absolute Gasteiger partial charge is 0.303 e. The molecule has 0 aromatic rings. The summed E-state index contributed by atoms with van der Waals surface area (Å²) in [5.41, 5.74) is 1.74. The van der Waals surface area contributed by atoms with Crippen LogP contribution in [0.3, 0.4) is 0 Å². The van der Waals surface area contributed by atoms with Crippen LogP contribution in [0.15, 0.2) is 12.2 Å². The van der Waals surface area contributed by atoms with Gasteiger partial charge in [-0.25, -0.2) is 0 Å². The van der Waals surface area contributed by atoms with Gasteiger partial charge in [0.1, 0.15) is 6.29 Å². The lowest BCUT2D eigenvalue weighted by Gasteiger charge is -2.39. The zero-order valence-corrected chi connectivity index (χ0v) is 8.38. The van der Waals surface area contributed by atoms with Crippen LogP contribution in [-0.4, -0.2) is 6.29 Å². The molecule has 0 heterocycles. The summed E-state index contributed by atoms with van der Waals surface area (Å²) in [5.74, 6) is 0.775. The van der Waals surface area contributed by atoms with Gasteiger partial charge in [0.25, 0.3) is 0 Å². The summed E-state index contributed by atoms with van der Waals surface area (Å²) in [6, 6.07) is 0. The van der Waals surface area contributed by atoms with Crippen molar-refractivity contribution in [2.24, 2.45) is 17.3 Å².